The monoisotopic (exact) mass is 326 g/mol. The Kier molecular flexibility index (Phi) is 3.60. The minimum Gasteiger partial charge on any atom is -0.478 e. The van der Waals surface area contributed by atoms with Crippen LogP contribution in [0.2, 0.25) is 0 Å². The molecule has 0 saturated carbocycles. The Morgan fingerprint density at radius 1 is 1.05 bits per heavy atom. The molecule has 114 valence electrons. The number of azo groups is 1. The number of hydrogen-bond acceptors (Lipinski definition) is 6. The molecule has 0 aliphatic carbocycles. The average molecular weight is 326 g/mol. The van der Waals surface area contributed by atoms with E-state index in [2.05, 4.69) is 10.2 Å². The van der Waals surface area contributed by atoms with Crippen molar-refractivity contribution in [3.05, 3.63) is 35.0 Å². The van der Waals surface area contributed by atoms with Crippen LogP contribution in [0.3, 0.4) is 0 Å². The molecule has 1 heterocycles. The molecular formula is C11H6N2O8S. The number of aromatic carboxylic acids is 1. The van der Waals surface area contributed by atoms with Crippen LogP contribution >= 0.6 is 0 Å². The molecule has 0 spiro atoms. The number of carbonyl (C=O) groups excluding carboxylic acids is 1. The zero-order valence-corrected chi connectivity index (χ0v) is 11.2. The maximum absolute atomic E-state index is 11.6. The number of carboxylic acids is 2. The number of nitrogens with zero attached hydrogens (tertiary/aromatic N) is 2. The number of aliphatic carboxylic acids is 1. The van der Waals surface area contributed by atoms with E-state index in [0.717, 1.165) is 18.2 Å². The maximum atomic E-state index is 11.6. The van der Waals surface area contributed by atoms with Crippen LogP contribution in [-0.2, 0) is 19.7 Å². The van der Waals surface area contributed by atoms with E-state index in [0.29, 0.717) is 0 Å². The predicted molar refractivity (Wildman–Crippen MR) is 67.6 cm³/mol. The standard InChI is InChI=1S/C11H6N2O8S/c14-9-7(8(11(17)18)12-13-9)4-1-2-6(22(19,20)21)5(3-4)10(15)16/h1-3H,(H,15,16)(H,17,18)(H,19,20,21). The van der Waals surface area contributed by atoms with Gasteiger partial charge in [-0.3, -0.25) is 9.35 Å². The van der Waals surface area contributed by atoms with Crippen LogP contribution in [0.1, 0.15) is 15.9 Å². The molecular weight excluding hydrogens is 320 g/mol. The summed E-state index contributed by atoms with van der Waals surface area (Å²) in [5, 5.41) is 24.1. The minimum atomic E-state index is -4.81. The number of hydrogen-bond donors (Lipinski definition) is 3. The molecule has 11 heteroatoms. The summed E-state index contributed by atoms with van der Waals surface area (Å²) < 4.78 is 31.2. The molecule has 2 rings (SSSR count). The van der Waals surface area contributed by atoms with Crippen molar-refractivity contribution in [3.8, 4) is 0 Å². The Morgan fingerprint density at radius 2 is 1.68 bits per heavy atom. The van der Waals surface area contributed by atoms with Crippen molar-refractivity contribution in [1.29, 1.82) is 0 Å². The van der Waals surface area contributed by atoms with Crippen LogP contribution in [0.15, 0.2) is 39.0 Å². The van der Waals surface area contributed by atoms with Crippen molar-refractivity contribution in [3.63, 3.8) is 0 Å². The molecule has 10 nitrogen and oxygen atoms in total. The summed E-state index contributed by atoms with van der Waals surface area (Å²) in [7, 11) is -4.81. The van der Waals surface area contributed by atoms with Gasteiger partial charge >= 0.3 is 11.9 Å². The van der Waals surface area contributed by atoms with E-state index in [1.54, 1.807) is 0 Å². The molecule has 0 unspecified atom stereocenters. The zero-order chi connectivity index (χ0) is 16.7. The lowest BCUT2D eigenvalue weighted by atomic mass is 10.0. The van der Waals surface area contributed by atoms with Crippen LogP contribution in [-0.4, -0.2) is 41.0 Å². The van der Waals surface area contributed by atoms with Crippen molar-refractivity contribution in [2.45, 2.75) is 4.90 Å². The minimum absolute atomic E-state index is 0.197. The SMILES string of the molecule is O=C(O)C1=C(c2ccc(S(=O)(=O)O)c(C(=O)O)c2)C(=O)N=N1. The van der Waals surface area contributed by atoms with E-state index < -0.39 is 49.7 Å². The number of rotatable bonds is 4. The van der Waals surface area contributed by atoms with Crippen molar-refractivity contribution in [2.24, 2.45) is 10.2 Å². The van der Waals surface area contributed by atoms with E-state index in [-0.39, 0.29) is 5.56 Å². The molecule has 1 amide bonds. The predicted octanol–water partition coefficient (Wildman–Crippen LogP) is 0.420. The van der Waals surface area contributed by atoms with Crippen molar-refractivity contribution < 1.29 is 37.6 Å². The van der Waals surface area contributed by atoms with E-state index in [9.17, 15) is 22.8 Å². The zero-order valence-electron chi connectivity index (χ0n) is 10.4. The summed E-state index contributed by atoms with van der Waals surface area (Å²) in [6.45, 7) is 0. The van der Waals surface area contributed by atoms with Crippen molar-refractivity contribution in [2.75, 3.05) is 0 Å². The first kappa shape index (κ1) is 15.5. The van der Waals surface area contributed by atoms with Gasteiger partial charge in [0.15, 0.2) is 5.70 Å². The van der Waals surface area contributed by atoms with Gasteiger partial charge in [0.2, 0.25) is 0 Å². The Labute approximate surface area is 122 Å². The summed E-state index contributed by atoms with van der Waals surface area (Å²) in [5.41, 5.74) is -2.19. The Morgan fingerprint density at radius 3 is 2.18 bits per heavy atom. The van der Waals surface area contributed by atoms with Gasteiger partial charge in [0, 0.05) is 0 Å². The van der Waals surface area contributed by atoms with Gasteiger partial charge in [0.25, 0.3) is 16.0 Å². The van der Waals surface area contributed by atoms with Crippen LogP contribution in [0.25, 0.3) is 5.57 Å². The molecule has 0 atom stereocenters. The van der Waals surface area contributed by atoms with Crippen LogP contribution in [0, 0.1) is 0 Å². The van der Waals surface area contributed by atoms with Gasteiger partial charge < -0.3 is 10.2 Å². The maximum Gasteiger partial charge on any atom is 0.357 e. The second-order valence-electron chi connectivity index (χ2n) is 4.03. The highest BCUT2D eigenvalue weighted by atomic mass is 32.2. The lowest BCUT2D eigenvalue weighted by Crippen LogP contribution is -2.10. The van der Waals surface area contributed by atoms with E-state index in [1.807, 2.05) is 0 Å². The summed E-state index contributed by atoms with van der Waals surface area (Å²) in [6, 6.07) is 2.46. The van der Waals surface area contributed by atoms with Gasteiger partial charge in [-0.1, -0.05) is 6.07 Å². The Hall–Kier alpha value is -2.92. The van der Waals surface area contributed by atoms with Crippen molar-refractivity contribution >= 4 is 33.5 Å². The lowest BCUT2D eigenvalue weighted by Gasteiger charge is -2.06. The van der Waals surface area contributed by atoms with Crippen LogP contribution in [0.4, 0.5) is 0 Å². The van der Waals surface area contributed by atoms with E-state index in [4.69, 9.17) is 14.8 Å². The first-order valence-electron chi connectivity index (χ1n) is 5.41. The summed E-state index contributed by atoms with van der Waals surface area (Å²) in [5.74, 6) is -4.25. The normalized spacial score (nSPS) is 14.5. The lowest BCUT2D eigenvalue weighted by molar-refractivity contribution is -0.132. The van der Waals surface area contributed by atoms with Gasteiger partial charge in [-0.05, 0) is 17.7 Å². The molecule has 0 bridgehead atoms. The van der Waals surface area contributed by atoms with Gasteiger partial charge in [-0.2, -0.15) is 8.42 Å². The fraction of sp³-hybridized carbons (Fsp3) is 0. The van der Waals surface area contributed by atoms with Gasteiger partial charge in [0.05, 0.1) is 11.1 Å². The second kappa shape index (κ2) is 5.13. The molecule has 1 aliphatic heterocycles. The highest BCUT2D eigenvalue weighted by molar-refractivity contribution is 7.86. The molecule has 0 fully saturated rings. The quantitative estimate of drug-likeness (QED) is 0.668. The molecule has 1 aromatic carbocycles. The molecule has 0 radical (unpaired) electrons. The van der Waals surface area contributed by atoms with E-state index in [1.165, 1.54) is 0 Å². The fourth-order valence-corrected chi connectivity index (χ4v) is 2.45. The topological polar surface area (TPSA) is 171 Å². The number of carboxylic acid groups (broad SMARTS) is 2. The van der Waals surface area contributed by atoms with Gasteiger partial charge in [-0.15, -0.1) is 10.2 Å². The highest BCUT2D eigenvalue weighted by Crippen LogP contribution is 2.29. The van der Waals surface area contributed by atoms with E-state index >= 15 is 0 Å². The number of benzene rings is 1. The third-order valence-corrected chi connectivity index (χ3v) is 3.58. The second-order valence-corrected chi connectivity index (χ2v) is 5.42. The highest BCUT2D eigenvalue weighted by Gasteiger charge is 2.29. The molecule has 22 heavy (non-hydrogen) atoms. The molecule has 3 N–H and O–H groups in total. The summed E-state index contributed by atoms with van der Waals surface area (Å²) in [6.07, 6.45) is 0. The Bertz CT molecular complexity index is 881. The first-order valence-corrected chi connectivity index (χ1v) is 6.85. The third-order valence-electron chi connectivity index (χ3n) is 2.67. The van der Waals surface area contributed by atoms with Crippen molar-refractivity contribution in [1.82, 2.24) is 0 Å². The Balaban J connectivity index is 2.72. The summed E-state index contributed by atoms with van der Waals surface area (Å²) >= 11 is 0. The number of amides is 1. The van der Waals surface area contributed by atoms with Gasteiger partial charge in [-0.25, -0.2) is 9.59 Å². The van der Waals surface area contributed by atoms with Crippen LogP contribution in [0.5, 0.6) is 0 Å². The summed E-state index contributed by atoms with van der Waals surface area (Å²) in [4.78, 5) is 32.7. The average Bonchev–Trinajstić information content (AvgIpc) is 2.79. The fourth-order valence-electron chi connectivity index (χ4n) is 1.78. The molecule has 0 saturated heterocycles. The third kappa shape index (κ3) is 2.62. The van der Waals surface area contributed by atoms with Gasteiger partial charge in [0.1, 0.15) is 4.90 Å². The number of carbonyl (C=O) groups is 3. The smallest absolute Gasteiger partial charge is 0.357 e. The largest absolute Gasteiger partial charge is 0.478 e. The molecule has 1 aliphatic rings. The molecule has 1 aromatic rings. The first-order chi connectivity index (χ1) is 10.1. The van der Waals surface area contributed by atoms with Crippen LogP contribution < -0.4 is 0 Å². The molecule has 0 aromatic heterocycles.